The van der Waals surface area contributed by atoms with Gasteiger partial charge in [0.25, 0.3) is 11.8 Å². The third kappa shape index (κ3) is 4.67. The molecule has 0 aliphatic rings. The van der Waals surface area contributed by atoms with Crippen LogP contribution >= 0.6 is 0 Å². The molecular formula is C22H28N2O3. The first-order chi connectivity index (χ1) is 12.7. The Hall–Kier alpha value is -2.82. The first-order valence-electron chi connectivity index (χ1n) is 9.21. The van der Waals surface area contributed by atoms with E-state index in [4.69, 9.17) is 10.5 Å². The number of nitrogens with zero attached hydrogens (tertiary/aromatic N) is 1. The predicted octanol–water partition coefficient (Wildman–Crippen LogP) is 3.87. The van der Waals surface area contributed by atoms with E-state index in [1.165, 1.54) is 0 Å². The smallest absolute Gasteiger partial charge is 0.258 e. The summed E-state index contributed by atoms with van der Waals surface area (Å²) in [7, 11) is 0. The van der Waals surface area contributed by atoms with Crippen molar-refractivity contribution in [3.8, 4) is 16.9 Å². The Labute approximate surface area is 161 Å². The summed E-state index contributed by atoms with van der Waals surface area (Å²) in [5.41, 5.74) is 7.45. The molecule has 0 aliphatic heterocycles. The van der Waals surface area contributed by atoms with Gasteiger partial charge in [-0.15, -0.1) is 0 Å². The average molecular weight is 368 g/mol. The summed E-state index contributed by atoms with van der Waals surface area (Å²) in [5.74, 6) is -0.0574. The third-order valence-electron chi connectivity index (χ3n) is 4.39. The van der Waals surface area contributed by atoms with Gasteiger partial charge >= 0.3 is 0 Å². The molecule has 0 bridgehead atoms. The van der Waals surface area contributed by atoms with Crippen molar-refractivity contribution >= 4 is 11.8 Å². The van der Waals surface area contributed by atoms with E-state index >= 15 is 0 Å². The van der Waals surface area contributed by atoms with Crippen LogP contribution in [-0.2, 0) is 4.79 Å². The average Bonchev–Trinajstić information content (AvgIpc) is 2.61. The molecule has 2 aromatic rings. The molecule has 2 aromatic carbocycles. The number of carbonyl (C=O) groups excluding carboxylic acids is 2. The summed E-state index contributed by atoms with van der Waals surface area (Å²) in [6.07, 6.45) is -0.767. The van der Waals surface area contributed by atoms with Gasteiger partial charge in [-0.1, -0.05) is 36.4 Å². The van der Waals surface area contributed by atoms with Gasteiger partial charge in [-0.25, -0.2) is 0 Å². The maximum atomic E-state index is 13.3. The molecule has 144 valence electrons. The normalized spacial score (nSPS) is 12.1. The highest BCUT2D eigenvalue weighted by molar-refractivity contribution is 6.01. The van der Waals surface area contributed by atoms with E-state index < -0.39 is 12.0 Å². The minimum atomic E-state index is -0.767. The van der Waals surface area contributed by atoms with Crippen LogP contribution in [0.1, 0.15) is 45.0 Å². The molecule has 0 saturated heterocycles. The van der Waals surface area contributed by atoms with Crippen molar-refractivity contribution in [2.75, 3.05) is 0 Å². The van der Waals surface area contributed by atoms with Crippen molar-refractivity contribution in [2.24, 2.45) is 5.73 Å². The Balaban J connectivity index is 2.53. The van der Waals surface area contributed by atoms with Crippen LogP contribution in [0.4, 0.5) is 0 Å². The van der Waals surface area contributed by atoms with Gasteiger partial charge in [0.2, 0.25) is 0 Å². The number of primary amides is 1. The minimum Gasteiger partial charge on any atom is -0.480 e. The summed E-state index contributed by atoms with van der Waals surface area (Å²) in [6.45, 7) is 9.63. The van der Waals surface area contributed by atoms with Crippen molar-refractivity contribution in [3.63, 3.8) is 0 Å². The number of hydrogen-bond acceptors (Lipinski definition) is 3. The zero-order valence-electron chi connectivity index (χ0n) is 16.6. The van der Waals surface area contributed by atoms with Crippen LogP contribution in [0, 0.1) is 0 Å². The van der Waals surface area contributed by atoms with Crippen LogP contribution in [0.25, 0.3) is 11.1 Å². The molecule has 0 fully saturated rings. The van der Waals surface area contributed by atoms with Gasteiger partial charge in [0.15, 0.2) is 6.10 Å². The number of carbonyl (C=O) groups is 2. The highest BCUT2D eigenvalue weighted by Crippen LogP contribution is 2.34. The second kappa shape index (κ2) is 8.71. The number of para-hydroxylation sites is 1. The fraction of sp³-hybridized carbons (Fsp3) is 0.364. The Bertz CT molecular complexity index is 807. The largest absolute Gasteiger partial charge is 0.480 e. The van der Waals surface area contributed by atoms with Crippen molar-refractivity contribution in [1.82, 2.24) is 4.90 Å². The minimum absolute atomic E-state index is 0.0339. The zero-order valence-corrected chi connectivity index (χ0v) is 16.6. The third-order valence-corrected chi connectivity index (χ3v) is 4.39. The van der Waals surface area contributed by atoms with E-state index in [1.54, 1.807) is 13.0 Å². The lowest BCUT2D eigenvalue weighted by molar-refractivity contribution is -0.123. The fourth-order valence-electron chi connectivity index (χ4n) is 3.15. The van der Waals surface area contributed by atoms with Gasteiger partial charge in [-0.05, 0) is 52.3 Å². The zero-order chi connectivity index (χ0) is 20.1. The molecular weight excluding hydrogens is 340 g/mol. The monoisotopic (exact) mass is 368 g/mol. The maximum absolute atomic E-state index is 13.3. The van der Waals surface area contributed by atoms with E-state index in [-0.39, 0.29) is 18.0 Å². The Morgan fingerprint density at radius 2 is 1.37 bits per heavy atom. The highest BCUT2D eigenvalue weighted by Gasteiger charge is 2.25. The van der Waals surface area contributed by atoms with Gasteiger partial charge in [-0.3, -0.25) is 9.59 Å². The number of rotatable bonds is 7. The van der Waals surface area contributed by atoms with Gasteiger partial charge in [0.05, 0.1) is 0 Å². The van der Waals surface area contributed by atoms with Gasteiger partial charge in [0, 0.05) is 23.2 Å². The number of benzene rings is 2. The molecule has 1 atom stereocenters. The Morgan fingerprint density at radius 1 is 0.852 bits per heavy atom. The van der Waals surface area contributed by atoms with Gasteiger partial charge in [0.1, 0.15) is 5.75 Å². The van der Waals surface area contributed by atoms with Crippen molar-refractivity contribution in [3.05, 3.63) is 54.1 Å². The maximum Gasteiger partial charge on any atom is 0.258 e. The topological polar surface area (TPSA) is 72.6 Å². The van der Waals surface area contributed by atoms with Crippen LogP contribution in [-0.4, -0.2) is 34.9 Å². The Morgan fingerprint density at radius 3 is 1.93 bits per heavy atom. The fourth-order valence-corrected chi connectivity index (χ4v) is 3.15. The number of hydrogen-bond donors (Lipinski definition) is 1. The molecule has 2 amide bonds. The molecule has 0 aliphatic carbocycles. The molecule has 2 N–H and O–H groups in total. The van der Waals surface area contributed by atoms with E-state index in [0.717, 1.165) is 11.1 Å². The molecule has 0 saturated carbocycles. The summed E-state index contributed by atoms with van der Waals surface area (Å²) in [5, 5.41) is 0. The van der Waals surface area contributed by atoms with Crippen molar-refractivity contribution in [1.29, 1.82) is 0 Å². The van der Waals surface area contributed by atoms with Crippen LogP contribution in [0.15, 0.2) is 48.5 Å². The second-order valence-corrected chi connectivity index (χ2v) is 7.10. The van der Waals surface area contributed by atoms with Crippen LogP contribution in [0.3, 0.4) is 0 Å². The van der Waals surface area contributed by atoms with Crippen molar-refractivity contribution < 1.29 is 14.3 Å². The first kappa shape index (κ1) is 20.5. The standard InChI is InChI=1S/C22H28N2O3/c1-14(2)24(15(3)4)22(26)19-12-7-6-10-17(19)18-11-8-9-13-20(18)27-16(5)21(23)25/h6-16H,1-5H3,(H2,23,25). The first-order valence-corrected chi connectivity index (χ1v) is 9.21. The van der Waals surface area contributed by atoms with E-state index in [2.05, 4.69) is 0 Å². The molecule has 5 heteroatoms. The molecule has 0 heterocycles. The number of ether oxygens (including phenoxy) is 1. The SMILES string of the molecule is CC(Oc1ccccc1-c1ccccc1C(=O)N(C(C)C)C(C)C)C(N)=O. The molecule has 0 spiro atoms. The van der Waals surface area contributed by atoms with Crippen LogP contribution in [0.5, 0.6) is 5.75 Å². The van der Waals surface area contributed by atoms with Crippen molar-refractivity contribution in [2.45, 2.75) is 52.8 Å². The summed E-state index contributed by atoms with van der Waals surface area (Å²) in [4.78, 5) is 26.5. The second-order valence-electron chi connectivity index (χ2n) is 7.10. The van der Waals surface area contributed by atoms with Crippen LogP contribution in [0.2, 0.25) is 0 Å². The predicted molar refractivity (Wildman–Crippen MR) is 108 cm³/mol. The Kier molecular flexibility index (Phi) is 6.61. The molecule has 5 nitrogen and oxygen atoms in total. The van der Waals surface area contributed by atoms with Gasteiger partial charge < -0.3 is 15.4 Å². The summed E-state index contributed by atoms with van der Waals surface area (Å²) >= 11 is 0. The van der Waals surface area contributed by atoms with E-state index in [9.17, 15) is 9.59 Å². The summed E-state index contributed by atoms with van der Waals surface area (Å²) < 4.78 is 5.75. The molecule has 1 unspecified atom stereocenters. The highest BCUT2D eigenvalue weighted by atomic mass is 16.5. The lowest BCUT2D eigenvalue weighted by Gasteiger charge is -2.31. The van der Waals surface area contributed by atoms with E-state index in [0.29, 0.717) is 11.3 Å². The molecule has 0 aromatic heterocycles. The lowest BCUT2D eigenvalue weighted by Crippen LogP contribution is -2.42. The lowest BCUT2D eigenvalue weighted by atomic mass is 9.97. The quantitative estimate of drug-likeness (QED) is 0.806. The summed E-state index contributed by atoms with van der Waals surface area (Å²) in [6, 6.07) is 15.0. The number of amides is 2. The molecule has 27 heavy (non-hydrogen) atoms. The molecule has 2 rings (SSSR count). The van der Waals surface area contributed by atoms with E-state index in [1.807, 2.05) is 75.1 Å². The molecule has 0 radical (unpaired) electrons. The number of nitrogens with two attached hydrogens (primary N) is 1. The van der Waals surface area contributed by atoms with Crippen LogP contribution < -0.4 is 10.5 Å². The van der Waals surface area contributed by atoms with Gasteiger partial charge in [-0.2, -0.15) is 0 Å².